The molecule has 7 aliphatic rings. The molecule has 8 rings (SSSR count). The molecule has 9 heteroatoms. The van der Waals surface area contributed by atoms with Gasteiger partial charge in [0.15, 0.2) is 6.29 Å². The number of piperidine rings is 1. The highest BCUT2D eigenvalue weighted by Gasteiger charge is 2.68. The average molecular weight is 679 g/mol. The molecule has 0 radical (unpaired) electrons. The number of allylic oxidation sites excluding steroid dienone is 1. The van der Waals surface area contributed by atoms with E-state index in [2.05, 4.69) is 44.4 Å². The van der Waals surface area contributed by atoms with E-state index in [1.165, 1.54) is 31.3 Å². The summed E-state index contributed by atoms with van der Waals surface area (Å²) in [7, 11) is 0. The standard InChI is InChI=1S/C40H58N2O7/c1-22-12-17-40(41-20-22)23(2)32-30(49-40)19-29-27-11-10-25-18-26(13-15-38(25,3)28(27)14-16-39(29,32)4)47-37-33(35(45)34(44)31(21-43)48-37)42-36(46)24-8-6-5-7-9-24/h5-10,22-23,26-35,37,41,43-45H,11-21H2,1-4H3,(H,42,46)/t22-,23-,26-,27?,28?,29?,30-,31+,32?,33+,34+,35+,37+,38-,39-,40+/m0/s1. The number of carbonyl (C=O) groups is 1. The van der Waals surface area contributed by atoms with Gasteiger partial charge in [0.05, 0.1) is 18.8 Å². The molecule has 5 N–H and O–H groups in total. The highest BCUT2D eigenvalue weighted by Crippen LogP contribution is 2.70. The SMILES string of the molecule is C[C@H]1CC[C@@]2(NC1)O[C@H]1CC3C4CC=C5C[C@@H](O[C@@H]6O[C@H](CO)[C@@H](O)[C@H](O)[C@H]6NC(=O)c6ccccc6)CC[C@]5(C)C4CC[C@]3(C)C1[C@@H]2C. The predicted molar refractivity (Wildman–Crippen MR) is 184 cm³/mol. The summed E-state index contributed by atoms with van der Waals surface area (Å²) in [5.41, 5.74) is 2.21. The van der Waals surface area contributed by atoms with Crippen LogP contribution in [0, 0.1) is 46.3 Å². The molecule has 0 aromatic heterocycles. The normalized spacial score (nSPS) is 50.5. The molecule has 3 aliphatic heterocycles. The molecule has 3 heterocycles. The fraction of sp³-hybridized carbons (Fsp3) is 0.775. The first-order valence-corrected chi connectivity index (χ1v) is 19.2. The van der Waals surface area contributed by atoms with E-state index in [9.17, 15) is 20.1 Å². The Morgan fingerprint density at radius 1 is 1.04 bits per heavy atom. The lowest BCUT2D eigenvalue weighted by molar-refractivity contribution is -0.283. The molecule has 4 unspecified atom stereocenters. The van der Waals surface area contributed by atoms with Gasteiger partial charge < -0.3 is 34.8 Å². The topological polar surface area (TPSA) is 130 Å². The number of carbonyl (C=O) groups excluding carboxylic acids is 1. The maximum Gasteiger partial charge on any atom is 0.251 e. The Balaban J connectivity index is 0.968. The Hall–Kier alpha value is -1.85. The maximum atomic E-state index is 13.1. The Kier molecular flexibility index (Phi) is 8.86. The van der Waals surface area contributed by atoms with Crippen molar-refractivity contribution in [1.82, 2.24) is 10.6 Å². The highest BCUT2D eigenvalue weighted by atomic mass is 16.7. The third kappa shape index (κ3) is 5.48. The first kappa shape index (κ1) is 34.2. The molecule has 1 amide bonds. The molecule has 9 nitrogen and oxygen atoms in total. The number of aliphatic hydroxyl groups excluding tert-OH is 3. The van der Waals surface area contributed by atoms with Crippen LogP contribution in [0.5, 0.6) is 0 Å². The lowest BCUT2D eigenvalue weighted by atomic mass is 9.47. The Bertz CT molecular complexity index is 1410. The van der Waals surface area contributed by atoms with Crippen molar-refractivity contribution in [1.29, 1.82) is 0 Å². The van der Waals surface area contributed by atoms with Gasteiger partial charge in [-0.2, -0.15) is 0 Å². The molecular formula is C40H58N2O7. The molecule has 270 valence electrons. The third-order valence-electron chi connectivity index (χ3n) is 15.1. The minimum absolute atomic E-state index is 0.119. The van der Waals surface area contributed by atoms with Crippen LogP contribution in [-0.4, -0.2) is 83.0 Å². The number of aliphatic hydroxyl groups is 3. The summed E-state index contributed by atoms with van der Waals surface area (Å²) >= 11 is 0. The first-order valence-electron chi connectivity index (χ1n) is 19.2. The second-order valence-corrected chi connectivity index (χ2v) is 17.5. The van der Waals surface area contributed by atoms with Crippen LogP contribution in [0.25, 0.3) is 0 Å². The monoisotopic (exact) mass is 678 g/mol. The van der Waals surface area contributed by atoms with Gasteiger partial charge in [-0.25, -0.2) is 0 Å². The highest BCUT2D eigenvalue weighted by molar-refractivity contribution is 5.94. The van der Waals surface area contributed by atoms with Crippen LogP contribution in [0.15, 0.2) is 42.0 Å². The average Bonchev–Trinajstić information content (AvgIpc) is 3.55. The van der Waals surface area contributed by atoms with E-state index in [0.717, 1.165) is 44.6 Å². The van der Waals surface area contributed by atoms with Crippen LogP contribution in [0.1, 0.15) is 95.8 Å². The largest absolute Gasteiger partial charge is 0.394 e. The second-order valence-electron chi connectivity index (χ2n) is 17.5. The molecule has 49 heavy (non-hydrogen) atoms. The lowest BCUT2D eigenvalue weighted by Crippen LogP contribution is -2.65. The van der Waals surface area contributed by atoms with Crippen molar-refractivity contribution in [3.8, 4) is 0 Å². The number of fused-ring (bicyclic) bond motifs is 7. The summed E-state index contributed by atoms with van der Waals surface area (Å²) < 4.78 is 19.7. The number of ether oxygens (including phenoxy) is 3. The Morgan fingerprint density at radius 2 is 1.84 bits per heavy atom. The van der Waals surface area contributed by atoms with Crippen molar-refractivity contribution >= 4 is 5.91 Å². The van der Waals surface area contributed by atoms with Crippen LogP contribution < -0.4 is 10.6 Å². The van der Waals surface area contributed by atoms with Crippen LogP contribution in [0.2, 0.25) is 0 Å². The van der Waals surface area contributed by atoms with Gasteiger partial charge in [-0.3, -0.25) is 10.1 Å². The molecule has 16 atom stereocenters. The molecule has 4 aliphatic carbocycles. The molecular weight excluding hydrogens is 620 g/mol. The molecule has 6 fully saturated rings. The minimum atomic E-state index is -1.35. The van der Waals surface area contributed by atoms with Gasteiger partial charge >= 0.3 is 0 Å². The number of nitrogens with one attached hydrogen (secondary N) is 2. The van der Waals surface area contributed by atoms with E-state index < -0.39 is 37.3 Å². The zero-order valence-corrected chi connectivity index (χ0v) is 29.7. The molecule has 1 spiro atoms. The van der Waals surface area contributed by atoms with Crippen molar-refractivity contribution in [2.24, 2.45) is 46.3 Å². The minimum Gasteiger partial charge on any atom is -0.394 e. The van der Waals surface area contributed by atoms with E-state index in [1.54, 1.807) is 24.3 Å². The third-order valence-corrected chi connectivity index (χ3v) is 15.1. The first-order chi connectivity index (χ1) is 23.5. The van der Waals surface area contributed by atoms with Gasteiger partial charge in [-0.1, -0.05) is 57.5 Å². The summed E-state index contributed by atoms with van der Waals surface area (Å²) in [4.78, 5) is 13.1. The molecule has 3 saturated heterocycles. The summed E-state index contributed by atoms with van der Waals surface area (Å²) in [6.07, 6.45) is 7.84. The lowest BCUT2D eigenvalue weighted by Gasteiger charge is -2.59. The molecule has 0 bridgehead atoms. The summed E-state index contributed by atoms with van der Waals surface area (Å²) in [5.74, 6) is 3.48. The smallest absolute Gasteiger partial charge is 0.251 e. The number of rotatable bonds is 5. The summed E-state index contributed by atoms with van der Waals surface area (Å²) in [5, 5.41) is 38.4. The Labute approximate surface area is 291 Å². The van der Waals surface area contributed by atoms with Crippen molar-refractivity contribution in [2.75, 3.05) is 13.2 Å². The van der Waals surface area contributed by atoms with Gasteiger partial charge in [-0.05, 0) is 110 Å². The van der Waals surface area contributed by atoms with Crippen LogP contribution in [-0.2, 0) is 14.2 Å². The summed E-state index contributed by atoms with van der Waals surface area (Å²) in [6, 6.07) is 7.79. The number of benzene rings is 1. The van der Waals surface area contributed by atoms with Crippen LogP contribution in [0.3, 0.4) is 0 Å². The maximum absolute atomic E-state index is 13.1. The Morgan fingerprint density at radius 3 is 2.57 bits per heavy atom. The zero-order chi connectivity index (χ0) is 34.3. The van der Waals surface area contributed by atoms with Crippen molar-refractivity contribution < 1.29 is 34.3 Å². The zero-order valence-electron chi connectivity index (χ0n) is 29.7. The molecule has 1 aromatic rings. The van der Waals surface area contributed by atoms with Gasteiger partial charge in [0, 0.05) is 18.0 Å². The van der Waals surface area contributed by atoms with Crippen LogP contribution >= 0.6 is 0 Å². The van der Waals surface area contributed by atoms with Gasteiger partial charge in [0.1, 0.15) is 30.1 Å². The van der Waals surface area contributed by atoms with Gasteiger partial charge in [0.25, 0.3) is 5.91 Å². The fourth-order valence-corrected chi connectivity index (χ4v) is 12.3. The van der Waals surface area contributed by atoms with Gasteiger partial charge in [0.2, 0.25) is 0 Å². The molecule has 1 aromatic carbocycles. The van der Waals surface area contributed by atoms with E-state index in [1.807, 2.05) is 6.07 Å². The van der Waals surface area contributed by atoms with E-state index in [0.29, 0.717) is 46.7 Å². The quantitative estimate of drug-likeness (QED) is 0.287. The van der Waals surface area contributed by atoms with Gasteiger partial charge in [-0.15, -0.1) is 0 Å². The summed E-state index contributed by atoms with van der Waals surface area (Å²) in [6.45, 7) is 10.5. The fourth-order valence-electron chi connectivity index (χ4n) is 12.3. The van der Waals surface area contributed by atoms with Crippen molar-refractivity contribution in [3.63, 3.8) is 0 Å². The van der Waals surface area contributed by atoms with E-state index >= 15 is 0 Å². The van der Waals surface area contributed by atoms with E-state index in [4.69, 9.17) is 14.2 Å². The van der Waals surface area contributed by atoms with E-state index in [-0.39, 0.29) is 23.2 Å². The number of hydrogen-bond donors (Lipinski definition) is 5. The number of hydrogen-bond acceptors (Lipinski definition) is 8. The second kappa shape index (κ2) is 12.7. The number of amides is 1. The predicted octanol–water partition coefficient (Wildman–Crippen LogP) is 4.55. The van der Waals surface area contributed by atoms with Crippen LogP contribution in [0.4, 0.5) is 0 Å². The van der Waals surface area contributed by atoms with Crippen molar-refractivity contribution in [2.45, 2.75) is 134 Å². The molecule has 3 saturated carbocycles. The van der Waals surface area contributed by atoms with Crippen molar-refractivity contribution in [3.05, 3.63) is 47.5 Å².